The summed E-state index contributed by atoms with van der Waals surface area (Å²) < 4.78 is 11.7. The fourth-order valence-electron chi connectivity index (χ4n) is 3.49. The van der Waals surface area contributed by atoms with Crippen LogP contribution in [0.2, 0.25) is 0 Å². The number of nitrogens with zero attached hydrogens (tertiary/aromatic N) is 2. The van der Waals surface area contributed by atoms with Crippen LogP contribution in [-0.2, 0) is 22.0 Å². The van der Waals surface area contributed by atoms with Crippen molar-refractivity contribution in [1.82, 2.24) is 4.90 Å². The standard InChI is InChI=1S/C18H24N2O3S/c1-13(21)20-8-4-5-14-11-15(6-7-16(14)20)17(22)19-9-10-24(23)18(2,3)12-19/h6-7,11H,4-5,8-10,12H2,1-3H3. The van der Waals surface area contributed by atoms with Gasteiger partial charge in [-0.05, 0) is 50.5 Å². The van der Waals surface area contributed by atoms with Gasteiger partial charge in [0.05, 0.1) is 4.75 Å². The summed E-state index contributed by atoms with van der Waals surface area (Å²) in [5.74, 6) is 0.555. The molecule has 2 aliphatic rings. The zero-order valence-corrected chi connectivity index (χ0v) is 15.3. The second-order valence-corrected chi connectivity index (χ2v) is 9.36. The molecule has 6 heteroatoms. The predicted molar refractivity (Wildman–Crippen MR) is 95.8 cm³/mol. The highest BCUT2D eigenvalue weighted by atomic mass is 32.2. The van der Waals surface area contributed by atoms with Gasteiger partial charge in [0.25, 0.3) is 5.91 Å². The first-order chi connectivity index (χ1) is 11.3. The molecule has 0 aliphatic carbocycles. The molecule has 5 nitrogen and oxygen atoms in total. The number of carbonyl (C=O) groups excluding carboxylic acids is 2. The molecule has 1 saturated heterocycles. The van der Waals surface area contributed by atoms with Crippen molar-refractivity contribution in [3.05, 3.63) is 29.3 Å². The SMILES string of the molecule is CC(=O)N1CCCc2cc(C(=O)N3CCS(=O)C(C)(C)C3)ccc21. The molecule has 2 amide bonds. The summed E-state index contributed by atoms with van der Waals surface area (Å²) in [6, 6.07) is 5.61. The van der Waals surface area contributed by atoms with Crippen molar-refractivity contribution < 1.29 is 13.8 Å². The van der Waals surface area contributed by atoms with Crippen molar-refractivity contribution in [2.24, 2.45) is 0 Å². The molecule has 1 fully saturated rings. The number of amides is 2. The number of hydrogen-bond acceptors (Lipinski definition) is 3. The third kappa shape index (κ3) is 3.11. The zero-order valence-electron chi connectivity index (χ0n) is 14.5. The Morgan fingerprint density at radius 1 is 1.21 bits per heavy atom. The molecule has 3 rings (SSSR count). The monoisotopic (exact) mass is 348 g/mol. The van der Waals surface area contributed by atoms with Crippen molar-refractivity contribution in [3.63, 3.8) is 0 Å². The molecule has 0 N–H and O–H groups in total. The predicted octanol–water partition coefficient (Wildman–Crippen LogP) is 1.97. The maximum atomic E-state index is 12.8. The summed E-state index contributed by atoms with van der Waals surface area (Å²) >= 11 is 0. The van der Waals surface area contributed by atoms with E-state index in [1.165, 1.54) is 0 Å². The molecule has 1 atom stereocenters. The van der Waals surface area contributed by atoms with Gasteiger partial charge in [0.1, 0.15) is 0 Å². The molecule has 130 valence electrons. The van der Waals surface area contributed by atoms with Gasteiger partial charge >= 0.3 is 0 Å². The maximum Gasteiger partial charge on any atom is 0.253 e. The summed E-state index contributed by atoms with van der Waals surface area (Å²) in [5, 5.41) is 0. The van der Waals surface area contributed by atoms with Crippen LogP contribution >= 0.6 is 0 Å². The van der Waals surface area contributed by atoms with Gasteiger partial charge in [-0.25, -0.2) is 0 Å². The molecule has 0 aromatic heterocycles. The summed E-state index contributed by atoms with van der Waals surface area (Å²) in [5.41, 5.74) is 2.63. The largest absolute Gasteiger partial charge is 0.336 e. The van der Waals surface area contributed by atoms with Gasteiger partial charge in [0, 0.05) is 54.4 Å². The first-order valence-electron chi connectivity index (χ1n) is 8.38. The van der Waals surface area contributed by atoms with Gasteiger partial charge in [-0.15, -0.1) is 0 Å². The second-order valence-electron chi connectivity index (χ2n) is 7.15. The number of hydrogen-bond donors (Lipinski definition) is 0. The van der Waals surface area contributed by atoms with Gasteiger partial charge in [-0.2, -0.15) is 0 Å². The Morgan fingerprint density at radius 2 is 1.96 bits per heavy atom. The number of fused-ring (bicyclic) bond motifs is 1. The summed E-state index contributed by atoms with van der Waals surface area (Å²) in [6.45, 7) is 7.24. The average molecular weight is 348 g/mol. The van der Waals surface area contributed by atoms with Crippen LogP contribution in [0.4, 0.5) is 5.69 Å². The Bertz CT molecular complexity index is 714. The van der Waals surface area contributed by atoms with E-state index in [9.17, 15) is 13.8 Å². The van der Waals surface area contributed by atoms with Crippen molar-refractivity contribution in [1.29, 1.82) is 0 Å². The van der Waals surface area contributed by atoms with E-state index in [-0.39, 0.29) is 16.6 Å². The molecule has 0 saturated carbocycles. The Balaban J connectivity index is 1.84. The molecule has 1 aromatic carbocycles. The van der Waals surface area contributed by atoms with Crippen LogP contribution in [0, 0.1) is 0 Å². The lowest BCUT2D eigenvalue weighted by molar-refractivity contribution is -0.116. The van der Waals surface area contributed by atoms with E-state index < -0.39 is 10.8 Å². The maximum absolute atomic E-state index is 12.8. The smallest absolute Gasteiger partial charge is 0.253 e. The summed E-state index contributed by atoms with van der Waals surface area (Å²) in [6.07, 6.45) is 1.80. The molecule has 24 heavy (non-hydrogen) atoms. The van der Waals surface area contributed by atoms with E-state index >= 15 is 0 Å². The first kappa shape index (κ1) is 17.1. The molecular formula is C18H24N2O3S. The Kier molecular flexibility index (Phi) is 4.51. The molecule has 1 aromatic rings. The van der Waals surface area contributed by atoms with Gasteiger partial charge in [0.2, 0.25) is 5.91 Å². The summed E-state index contributed by atoms with van der Waals surface area (Å²) in [4.78, 5) is 28.2. The molecule has 2 heterocycles. The van der Waals surface area contributed by atoms with Crippen LogP contribution in [0.5, 0.6) is 0 Å². The molecule has 0 radical (unpaired) electrons. The van der Waals surface area contributed by atoms with E-state index in [4.69, 9.17) is 0 Å². The summed E-state index contributed by atoms with van der Waals surface area (Å²) in [7, 11) is -0.894. The Labute approximate surface area is 145 Å². The fourth-order valence-corrected chi connectivity index (χ4v) is 4.73. The van der Waals surface area contributed by atoms with Gasteiger partial charge in [-0.3, -0.25) is 13.8 Å². The molecule has 2 aliphatic heterocycles. The lowest BCUT2D eigenvalue weighted by Crippen LogP contribution is -2.52. The van der Waals surface area contributed by atoms with Gasteiger partial charge < -0.3 is 9.80 Å². The normalized spacial score (nSPS) is 22.9. The Morgan fingerprint density at radius 3 is 2.62 bits per heavy atom. The van der Waals surface area contributed by atoms with E-state index in [1.54, 1.807) is 22.8 Å². The minimum Gasteiger partial charge on any atom is -0.336 e. The molecular weight excluding hydrogens is 324 g/mol. The van der Waals surface area contributed by atoms with Gasteiger partial charge in [-0.1, -0.05) is 0 Å². The van der Waals surface area contributed by atoms with Crippen LogP contribution in [0.25, 0.3) is 0 Å². The fraction of sp³-hybridized carbons (Fsp3) is 0.556. The minimum atomic E-state index is -0.894. The minimum absolute atomic E-state index is 0.0116. The van der Waals surface area contributed by atoms with Crippen LogP contribution < -0.4 is 4.90 Å². The van der Waals surface area contributed by atoms with Crippen LogP contribution in [0.15, 0.2) is 18.2 Å². The first-order valence-corrected chi connectivity index (χ1v) is 9.70. The third-order valence-electron chi connectivity index (χ3n) is 4.85. The highest BCUT2D eigenvalue weighted by Crippen LogP contribution is 2.29. The topological polar surface area (TPSA) is 57.7 Å². The number of carbonyl (C=O) groups is 2. The van der Waals surface area contributed by atoms with E-state index in [0.29, 0.717) is 24.4 Å². The third-order valence-corrected chi connectivity index (χ3v) is 6.76. The zero-order chi connectivity index (χ0) is 17.5. The highest BCUT2D eigenvalue weighted by molar-refractivity contribution is 7.86. The molecule has 1 unspecified atom stereocenters. The lowest BCUT2D eigenvalue weighted by Gasteiger charge is -2.37. The number of benzene rings is 1. The van der Waals surface area contributed by atoms with Gasteiger partial charge in [0.15, 0.2) is 0 Å². The van der Waals surface area contributed by atoms with Crippen molar-refractivity contribution in [2.75, 3.05) is 30.3 Å². The highest BCUT2D eigenvalue weighted by Gasteiger charge is 2.35. The van der Waals surface area contributed by atoms with E-state index in [1.807, 2.05) is 26.0 Å². The molecule has 0 bridgehead atoms. The number of anilines is 1. The van der Waals surface area contributed by atoms with Crippen molar-refractivity contribution in [2.45, 2.75) is 38.4 Å². The molecule has 0 spiro atoms. The van der Waals surface area contributed by atoms with Crippen LogP contribution in [0.3, 0.4) is 0 Å². The lowest BCUT2D eigenvalue weighted by atomic mass is 9.98. The van der Waals surface area contributed by atoms with Crippen LogP contribution in [0.1, 0.15) is 43.1 Å². The Hall–Kier alpha value is -1.69. The quantitative estimate of drug-likeness (QED) is 0.780. The number of rotatable bonds is 1. The van der Waals surface area contributed by atoms with Crippen molar-refractivity contribution >= 4 is 28.3 Å². The average Bonchev–Trinajstić information content (AvgIpc) is 2.55. The van der Waals surface area contributed by atoms with Crippen LogP contribution in [-0.4, -0.2) is 51.1 Å². The van der Waals surface area contributed by atoms with Crippen molar-refractivity contribution in [3.8, 4) is 0 Å². The number of aryl methyl sites for hydroxylation is 1. The van der Waals surface area contributed by atoms with E-state index in [2.05, 4.69) is 0 Å². The van der Waals surface area contributed by atoms with E-state index in [0.717, 1.165) is 30.6 Å². The second kappa shape index (κ2) is 6.31.